The van der Waals surface area contributed by atoms with Gasteiger partial charge >= 0.3 is 0 Å². The van der Waals surface area contributed by atoms with Gasteiger partial charge in [-0.05, 0) is 88.6 Å². The van der Waals surface area contributed by atoms with Crippen molar-refractivity contribution in [1.29, 1.82) is 5.26 Å². The third-order valence-electron chi connectivity index (χ3n) is 3.85. The normalized spacial score (nSPS) is 16.3. The van der Waals surface area contributed by atoms with Gasteiger partial charge in [-0.15, -0.1) is 0 Å². The molecule has 1 aliphatic rings. The summed E-state index contributed by atoms with van der Waals surface area (Å²) in [6.07, 6.45) is 1.79. The molecule has 5 nitrogen and oxygen atoms in total. The minimum Gasteiger partial charge on any atom is -0.478 e. The van der Waals surface area contributed by atoms with Gasteiger partial charge in [0, 0.05) is 4.47 Å². The van der Waals surface area contributed by atoms with Crippen molar-refractivity contribution >= 4 is 66.5 Å². The largest absolute Gasteiger partial charge is 0.478 e. The summed E-state index contributed by atoms with van der Waals surface area (Å²) >= 11 is 8.26. The fourth-order valence-corrected chi connectivity index (χ4v) is 4.15. The SMILES string of the molecule is Cc1cc(N=C2NC(=O)/C(=C/c3ccc(OCC#N)c(Br)c3)S2)cc(C)c1Br. The molecule has 0 radical (unpaired) electrons. The van der Waals surface area contributed by atoms with E-state index in [2.05, 4.69) is 42.2 Å². The number of hydrogen-bond acceptors (Lipinski definition) is 5. The van der Waals surface area contributed by atoms with Gasteiger partial charge in [0.1, 0.15) is 11.8 Å². The number of carbonyl (C=O) groups excluding carboxylic acids is 1. The summed E-state index contributed by atoms with van der Waals surface area (Å²) in [5.74, 6) is 0.394. The Balaban J connectivity index is 1.81. The lowest BCUT2D eigenvalue weighted by Crippen LogP contribution is -2.19. The highest BCUT2D eigenvalue weighted by atomic mass is 79.9. The number of benzene rings is 2. The first-order valence-electron chi connectivity index (χ1n) is 8.23. The van der Waals surface area contributed by atoms with Gasteiger partial charge in [0.2, 0.25) is 0 Å². The fraction of sp³-hybridized carbons (Fsp3) is 0.150. The number of carbonyl (C=O) groups is 1. The van der Waals surface area contributed by atoms with Crippen molar-refractivity contribution in [2.45, 2.75) is 13.8 Å². The lowest BCUT2D eigenvalue weighted by Gasteiger charge is -2.05. The number of ether oxygens (including phenoxy) is 1. The zero-order valence-corrected chi connectivity index (χ0v) is 19.0. The average molecular weight is 521 g/mol. The molecule has 3 rings (SSSR count). The number of amides is 1. The van der Waals surface area contributed by atoms with E-state index in [1.165, 1.54) is 11.8 Å². The topological polar surface area (TPSA) is 74.5 Å². The second-order valence-corrected chi connectivity index (χ2v) is 8.69. The van der Waals surface area contributed by atoms with Gasteiger partial charge in [0.05, 0.1) is 15.1 Å². The van der Waals surface area contributed by atoms with Crippen molar-refractivity contribution < 1.29 is 9.53 Å². The van der Waals surface area contributed by atoms with Crippen molar-refractivity contribution in [3.05, 3.63) is 60.9 Å². The molecule has 0 spiro atoms. The molecule has 8 heteroatoms. The molecule has 1 amide bonds. The molecule has 1 fully saturated rings. The Bertz CT molecular complexity index is 1030. The van der Waals surface area contributed by atoms with Crippen LogP contribution in [0.25, 0.3) is 6.08 Å². The maximum absolute atomic E-state index is 12.3. The number of nitriles is 1. The number of hydrogen-bond donors (Lipinski definition) is 1. The van der Waals surface area contributed by atoms with Crippen molar-refractivity contribution in [2.75, 3.05) is 6.61 Å². The molecule has 1 saturated heterocycles. The van der Waals surface area contributed by atoms with Crippen molar-refractivity contribution in [2.24, 2.45) is 4.99 Å². The van der Waals surface area contributed by atoms with Crippen LogP contribution in [0.4, 0.5) is 5.69 Å². The van der Waals surface area contributed by atoms with Gasteiger partial charge in [-0.1, -0.05) is 22.0 Å². The van der Waals surface area contributed by atoms with E-state index in [4.69, 9.17) is 10.00 Å². The highest BCUT2D eigenvalue weighted by Crippen LogP contribution is 2.32. The Hall–Kier alpha value is -2.08. The van der Waals surface area contributed by atoms with Gasteiger partial charge in [-0.3, -0.25) is 4.79 Å². The first-order valence-corrected chi connectivity index (χ1v) is 10.6. The fourth-order valence-electron chi connectivity index (χ4n) is 2.57. The van der Waals surface area contributed by atoms with Crippen LogP contribution in [-0.4, -0.2) is 17.7 Å². The molecule has 1 N–H and O–H groups in total. The molecular weight excluding hydrogens is 506 g/mol. The summed E-state index contributed by atoms with van der Waals surface area (Å²) in [6, 6.07) is 11.3. The summed E-state index contributed by atoms with van der Waals surface area (Å²) in [5.41, 5.74) is 3.82. The molecule has 0 saturated carbocycles. The minimum atomic E-state index is -0.185. The lowest BCUT2D eigenvalue weighted by molar-refractivity contribution is -0.115. The maximum atomic E-state index is 12.3. The number of halogens is 2. The van der Waals surface area contributed by atoms with Crippen molar-refractivity contribution in [1.82, 2.24) is 5.32 Å². The van der Waals surface area contributed by atoms with Crippen molar-refractivity contribution in [3.63, 3.8) is 0 Å². The minimum absolute atomic E-state index is 0.0217. The number of aryl methyl sites for hydroxylation is 2. The van der Waals surface area contributed by atoms with Crippen molar-refractivity contribution in [3.8, 4) is 11.8 Å². The molecule has 0 atom stereocenters. The summed E-state index contributed by atoms with van der Waals surface area (Å²) < 4.78 is 7.09. The van der Waals surface area contributed by atoms with Gasteiger partial charge in [-0.2, -0.15) is 5.26 Å². The Morgan fingerprint density at radius 3 is 2.61 bits per heavy atom. The van der Waals surface area contributed by atoms with E-state index in [-0.39, 0.29) is 12.5 Å². The molecule has 0 aromatic heterocycles. The van der Waals surface area contributed by atoms with Crippen LogP contribution < -0.4 is 10.1 Å². The highest BCUT2D eigenvalue weighted by molar-refractivity contribution is 9.10. The second kappa shape index (κ2) is 8.95. The van der Waals surface area contributed by atoms with E-state index in [1.807, 2.05) is 44.2 Å². The standard InChI is InChI=1S/C20H15Br2N3O2S/c1-11-7-14(8-12(2)18(11)22)24-20-25-19(26)17(28-20)10-13-3-4-16(15(21)9-13)27-6-5-23/h3-4,7-10H,6H2,1-2H3,(H,24,25,26)/b17-10-. The summed E-state index contributed by atoms with van der Waals surface area (Å²) in [4.78, 5) is 17.4. The smallest absolute Gasteiger partial charge is 0.264 e. The Labute approximate surface area is 184 Å². The van der Waals surface area contributed by atoms with E-state index in [9.17, 15) is 4.79 Å². The molecule has 142 valence electrons. The van der Waals surface area contributed by atoms with E-state index >= 15 is 0 Å². The maximum Gasteiger partial charge on any atom is 0.264 e. The zero-order chi connectivity index (χ0) is 20.3. The van der Waals surface area contributed by atoms with E-state index in [0.717, 1.165) is 31.3 Å². The Morgan fingerprint density at radius 1 is 1.25 bits per heavy atom. The van der Waals surface area contributed by atoms with Gasteiger partial charge < -0.3 is 10.1 Å². The molecule has 1 heterocycles. The predicted octanol–water partition coefficient (Wildman–Crippen LogP) is 5.62. The molecule has 2 aromatic rings. The molecule has 0 bridgehead atoms. The first kappa shape index (κ1) is 20.6. The quantitative estimate of drug-likeness (QED) is 0.530. The van der Waals surface area contributed by atoms with E-state index in [0.29, 0.717) is 15.8 Å². The van der Waals surface area contributed by atoms with Crippen LogP contribution in [-0.2, 0) is 4.79 Å². The third kappa shape index (κ3) is 4.85. The van der Waals surface area contributed by atoms with Crippen LogP contribution in [0.2, 0.25) is 0 Å². The molecule has 0 unspecified atom stereocenters. The summed E-state index contributed by atoms with van der Waals surface area (Å²) in [7, 11) is 0. The molecule has 28 heavy (non-hydrogen) atoms. The van der Waals surface area contributed by atoms with Crippen LogP contribution in [0.5, 0.6) is 5.75 Å². The number of nitrogens with zero attached hydrogens (tertiary/aromatic N) is 2. The van der Waals surface area contributed by atoms with Gasteiger partial charge in [0.25, 0.3) is 5.91 Å². The molecule has 2 aromatic carbocycles. The number of amidine groups is 1. The van der Waals surface area contributed by atoms with Crippen LogP contribution in [0.3, 0.4) is 0 Å². The first-order chi connectivity index (χ1) is 13.4. The highest BCUT2D eigenvalue weighted by Gasteiger charge is 2.24. The number of thioether (sulfide) groups is 1. The summed E-state index contributed by atoms with van der Waals surface area (Å²) in [6.45, 7) is 3.99. The molecule has 0 aliphatic carbocycles. The Morgan fingerprint density at radius 2 is 1.96 bits per heavy atom. The summed E-state index contributed by atoms with van der Waals surface area (Å²) in [5, 5.41) is 12.0. The third-order valence-corrected chi connectivity index (χ3v) is 6.63. The Kier molecular flexibility index (Phi) is 6.60. The van der Waals surface area contributed by atoms with Crippen LogP contribution in [0, 0.1) is 25.2 Å². The second-order valence-electron chi connectivity index (χ2n) is 6.01. The van der Waals surface area contributed by atoms with E-state index in [1.54, 1.807) is 12.1 Å². The van der Waals surface area contributed by atoms with Crippen LogP contribution in [0.1, 0.15) is 16.7 Å². The number of nitrogens with one attached hydrogen (secondary N) is 1. The number of aliphatic imine (C=N–C) groups is 1. The van der Waals surface area contributed by atoms with Crippen LogP contribution >= 0.6 is 43.6 Å². The average Bonchev–Trinajstić information content (AvgIpc) is 2.98. The van der Waals surface area contributed by atoms with Crippen LogP contribution in [0.15, 0.2) is 49.2 Å². The lowest BCUT2D eigenvalue weighted by atomic mass is 10.1. The predicted molar refractivity (Wildman–Crippen MR) is 120 cm³/mol. The van der Waals surface area contributed by atoms with Gasteiger partial charge in [-0.25, -0.2) is 4.99 Å². The molecule has 1 aliphatic heterocycles. The van der Waals surface area contributed by atoms with Gasteiger partial charge in [0.15, 0.2) is 11.8 Å². The number of rotatable bonds is 4. The van der Waals surface area contributed by atoms with E-state index < -0.39 is 0 Å². The monoisotopic (exact) mass is 519 g/mol. The molecular formula is C20H15Br2N3O2S. The zero-order valence-electron chi connectivity index (χ0n) is 15.0.